The van der Waals surface area contributed by atoms with Crippen LogP contribution in [0.2, 0.25) is 0 Å². The maximum Gasteiger partial charge on any atom is 0.232 e. The smallest absolute Gasteiger partial charge is 0.232 e. The van der Waals surface area contributed by atoms with Crippen molar-refractivity contribution in [3.63, 3.8) is 0 Å². The molecule has 0 atom stereocenters. The highest BCUT2D eigenvalue weighted by molar-refractivity contribution is 5.11. The topological polar surface area (TPSA) is 49.9 Å². The van der Waals surface area contributed by atoms with Crippen molar-refractivity contribution < 1.29 is 4.74 Å². The zero-order valence-electron chi connectivity index (χ0n) is 10.5. The van der Waals surface area contributed by atoms with Crippen LogP contribution in [0.1, 0.15) is 32.4 Å². The highest BCUT2D eigenvalue weighted by Crippen LogP contribution is 2.07. The summed E-state index contributed by atoms with van der Waals surface area (Å²) < 4.78 is 5.48. The number of nitrogens with one attached hydrogen (secondary N) is 2. The van der Waals surface area contributed by atoms with Gasteiger partial charge in [0, 0.05) is 11.8 Å². The first-order valence-electron chi connectivity index (χ1n) is 6.04. The molecule has 0 aromatic carbocycles. The third-order valence-electron chi connectivity index (χ3n) is 2.23. The first kappa shape index (κ1) is 13.0. The summed E-state index contributed by atoms with van der Waals surface area (Å²) in [6.45, 7) is 9.32. The maximum absolute atomic E-state index is 5.48. The number of aryl methyl sites for hydroxylation is 1. The van der Waals surface area contributed by atoms with Gasteiger partial charge in [0.1, 0.15) is 0 Å². The number of ether oxygens (including phenoxy) is 1. The van der Waals surface area contributed by atoms with E-state index in [-0.39, 0.29) is 0 Å². The van der Waals surface area contributed by atoms with Crippen molar-refractivity contribution in [2.45, 2.75) is 33.6 Å². The molecular weight excluding hydrogens is 202 g/mol. The van der Waals surface area contributed by atoms with E-state index in [1.165, 1.54) is 0 Å². The summed E-state index contributed by atoms with van der Waals surface area (Å²) in [6, 6.07) is 1.91. The molecule has 0 amide bonds. The summed E-state index contributed by atoms with van der Waals surface area (Å²) in [5, 5.41) is 10.3. The van der Waals surface area contributed by atoms with Crippen molar-refractivity contribution >= 4 is 0 Å². The van der Waals surface area contributed by atoms with Crippen LogP contribution < -0.4 is 10.1 Å². The predicted octanol–water partition coefficient (Wildman–Crippen LogP) is 2.12. The highest BCUT2D eigenvalue weighted by Gasteiger charge is 1.97. The molecule has 0 radical (unpaired) electrons. The van der Waals surface area contributed by atoms with Gasteiger partial charge in [-0.05, 0) is 38.8 Å². The van der Waals surface area contributed by atoms with E-state index in [1.54, 1.807) is 0 Å². The minimum atomic E-state index is 0.702. The number of nitrogens with zero attached hydrogens (tertiary/aromatic N) is 1. The van der Waals surface area contributed by atoms with Crippen molar-refractivity contribution in [3.8, 4) is 5.88 Å². The molecular formula is C12H23N3O. The van der Waals surface area contributed by atoms with Crippen LogP contribution in [0.4, 0.5) is 0 Å². The van der Waals surface area contributed by atoms with Gasteiger partial charge in [-0.2, -0.15) is 0 Å². The average molecular weight is 225 g/mol. The molecule has 0 aliphatic carbocycles. The normalized spacial score (nSPS) is 11.0. The van der Waals surface area contributed by atoms with Crippen molar-refractivity contribution in [1.82, 2.24) is 15.5 Å². The van der Waals surface area contributed by atoms with Gasteiger partial charge in [-0.25, -0.2) is 0 Å². The Labute approximate surface area is 97.8 Å². The van der Waals surface area contributed by atoms with E-state index in [0.29, 0.717) is 5.88 Å². The molecule has 1 heterocycles. The molecule has 0 saturated carbocycles. The molecule has 0 unspecified atom stereocenters. The Morgan fingerprint density at radius 1 is 1.44 bits per heavy atom. The lowest BCUT2D eigenvalue weighted by Gasteiger charge is -2.07. The lowest BCUT2D eigenvalue weighted by Crippen LogP contribution is -2.21. The molecule has 92 valence electrons. The first-order valence-corrected chi connectivity index (χ1v) is 6.04. The summed E-state index contributed by atoms with van der Waals surface area (Å²) in [5.74, 6) is 1.43. The van der Waals surface area contributed by atoms with E-state index in [1.807, 2.05) is 13.0 Å². The summed E-state index contributed by atoms with van der Waals surface area (Å²) in [5.41, 5.74) is 1.04. The molecule has 1 rings (SSSR count). The molecule has 0 saturated heterocycles. The summed E-state index contributed by atoms with van der Waals surface area (Å²) in [4.78, 5) is 0. The van der Waals surface area contributed by atoms with Crippen LogP contribution in [0.3, 0.4) is 0 Å². The molecule has 4 heteroatoms. The Bertz CT molecular complexity index is 284. The van der Waals surface area contributed by atoms with Crippen molar-refractivity contribution in [3.05, 3.63) is 11.8 Å². The number of hydrogen-bond donors (Lipinski definition) is 2. The van der Waals surface area contributed by atoms with Crippen LogP contribution in [-0.2, 0) is 0 Å². The minimum Gasteiger partial charge on any atom is -0.477 e. The molecule has 2 N–H and O–H groups in total. The fourth-order valence-corrected chi connectivity index (χ4v) is 1.39. The van der Waals surface area contributed by atoms with Gasteiger partial charge >= 0.3 is 0 Å². The number of aromatic amines is 1. The third-order valence-corrected chi connectivity index (χ3v) is 2.23. The number of rotatable bonds is 8. The lowest BCUT2D eigenvalue weighted by atomic mass is 10.2. The summed E-state index contributed by atoms with van der Waals surface area (Å²) >= 11 is 0. The fourth-order valence-electron chi connectivity index (χ4n) is 1.39. The monoisotopic (exact) mass is 225 g/mol. The maximum atomic E-state index is 5.48. The Morgan fingerprint density at radius 3 is 2.88 bits per heavy atom. The van der Waals surface area contributed by atoms with Crippen LogP contribution in [0, 0.1) is 12.8 Å². The Kier molecular flexibility index (Phi) is 5.93. The van der Waals surface area contributed by atoms with Gasteiger partial charge in [0.05, 0.1) is 6.61 Å². The molecule has 1 aromatic rings. The molecule has 0 aliphatic heterocycles. The van der Waals surface area contributed by atoms with Crippen molar-refractivity contribution in [1.29, 1.82) is 0 Å². The number of unbranched alkanes of at least 4 members (excludes halogenated alkanes) is 1. The predicted molar refractivity (Wildman–Crippen MR) is 65.8 cm³/mol. The zero-order valence-corrected chi connectivity index (χ0v) is 10.5. The number of H-pyrrole nitrogens is 1. The van der Waals surface area contributed by atoms with Gasteiger partial charge < -0.3 is 10.1 Å². The Hall–Kier alpha value is -1.03. The molecule has 0 aliphatic rings. The van der Waals surface area contributed by atoms with E-state index in [9.17, 15) is 0 Å². The van der Waals surface area contributed by atoms with Crippen LogP contribution in [-0.4, -0.2) is 29.9 Å². The largest absolute Gasteiger partial charge is 0.477 e. The van der Waals surface area contributed by atoms with E-state index in [2.05, 4.69) is 29.4 Å². The quantitative estimate of drug-likeness (QED) is 0.666. The van der Waals surface area contributed by atoms with E-state index in [4.69, 9.17) is 4.74 Å². The fraction of sp³-hybridized carbons (Fsp3) is 0.750. The van der Waals surface area contributed by atoms with E-state index in [0.717, 1.165) is 44.1 Å². The highest BCUT2D eigenvalue weighted by atomic mass is 16.5. The van der Waals surface area contributed by atoms with E-state index < -0.39 is 0 Å². The molecule has 4 nitrogen and oxygen atoms in total. The number of hydrogen-bond acceptors (Lipinski definition) is 3. The Morgan fingerprint density at radius 2 is 2.25 bits per heavy atom. The van der Waals surface area contributed by atoms with Gasteiger partial charge in [-0.1, -0.05) is 13.8 Å². The first-order chi connectivity index (χ1) is 7.68. The summed E-state index contributed by atoms with van der Waals surface area (Å²) in [7, 11) is 0. The molecule has 16 heavy (non-hydrogen) atoms. The van der Waals surface area contributed by atoms with Crippen LogP contribution in [0.15, 0.2) is 6.07 Å². The van der Waals surface area contributed by atoms with Crippen LogP contribution in [0.25, 0.3) is 0 Å². The van der Waals surface area contributed by atoms with Crippen molar-refractivity contribution in [2.75, 3.05) is 19.7 Å². The SMILES string of the molecule is Cc1cc(OCCCCNCC(C)C)n[nH]1. The van der Waals surface area contributed by atoms with Crippen molar-refractivity contribution in [2.24, 2.45) is 5.92 Å². The molecule has 1 aromatic heterocycles. The summed E-state index contributed by atoms with van der Waals surface area (Å²) in [6.07, 6.45) is 2.22. The number of aromatic nitrogens is 2. The van der Waals surface area contributed by atoms with Crippen LogP contribution in [0.5, 0.6) is 5.88 Å². The van der Waals surface area contributed by atoms with Gasteiger partial charge in [-0.15, -0.1) is 5.10 Å². The second-order valence-corrected chi connectivity index (χ2v) is 4.54. The van der Waals surface area contributed by atoms with Gasteiger partial charge in [0.15, 0.2) is 0 Å². The third kappa shape index (κ3) is 5.75. The van der Waals surface area contributed by atoms with Gasteiger partial charge in [0.2, 0.25) is 5.88 Å². The van der Waals surface area contributed by atoms with Crippen LogP contribution >= 0.6 is 0 Å². The Balaban J connectivity index is 1.92. The lowest BCUT2D eigenvalue weighted by molar-refractivity contribution is 0.294. The molecule has 0 bridgehead atoms. The van der Waals surface area contributed by atoms with Gasteiger partial charge in [-0.3, -0.25) is 5.10 Å². The second-order valence-electron chi connectivity index (χ2n) is 4.54. The molecule has 0 spiro atoms. The standard InChI is InChI=1S/C12H23N3O/c1-10(2)9-13-6-4-5-7-16-12-8-11(3)14-15-12/h8,10,13H,4-7,9H2,1-3H3,(H,14,15). The average Bonchev–Trinajstić information content (AvgIpc) is 2.62. The second kappa shape index (κ2) is 7.28. The van der Waals surface area contributed by atoms with Gasteiger partial charge in [0.25, 0.3) is 0 Å². The molecule has 0 fully saturated rings. The van der Waals surface area contributed by atoms with E-state index >= 15 is 0 Å². The minimum absolute atomic E-state index is 0.702. The zero-order chi connectivity index (χ0) is 11.8.